The lowest BCUT2D eigenvalue weighted by molar-refractivity contribution is 0.0483. The van der Waals surface area contributed by atoms with Gasteiger partial charge in [-0.1, -0.05) is 19.6 Å². The van der Waals surface area contributed by atoms with Gasteiger partial charge in [-0.15, -0.1) is 6.58 Å². The van der Waals surface area contributed by atoms with Crippen LogP contribution in [-0.4, -0.2) is 16.8 Å². The molecule has 0 spiro atoms. The standard InChI is InChI=1S/C16H18O3/c1-4-16(3)7-10-11(17)5-6-12(18)13(10)15-14(16)9(2)8-19-15/h4-6,14-15,17-18H,1-2,7-8H2,3H3/t14-,15-,16+/m1/s1. The summed E-state index contributed by atoms with van der Waals surface area (Å²) in [4.78, 5) is 0. The molecule has 1 aromatic rings. The molecule has 3 heteroatoms. The van der Waals surface area contributed by atoms with Crippen LogP contribution in [0, 0.1) is 11.3 Å². The van der Waals surface area contributed by atoms with Crippen molar-refractivity contribution in [2.75, 3.05) is 6.61 Å². The summed E-state index contributed by atoms with van der Waals surface area (Å²) in [5, 5.41) is 20.2. The normalized spacial score (nSPS) is 32.8. The maximum atomic E-state index is 10.1. The summed E-state index contributed by atoms with van der Waals surface area (Å²) in [6.45, 7) is 10.6. The van der Waals surface area contributed by atoms with Crippen LogP contribution in [0.4, 0.5) is 0 Å². The van der Waals surface area contributed by atoms with Crippen LogP contribution in [0.2, 0.25) is 0 Å². The molecule has 0 aromatic heterocycles. The van der Waals surface area contributed by atoms with Crippen LogP contribution in [0.5, 0.6) is 11.5 Å². The summed E-state index contributed by atoms with van der Waals surface area (Å²) >= 11 is 0. The summed E-state index contributed by atoms with van der Waals surface area (Å²) in [5.74, 6) is 0.495. The van der Waals surface area contributed by atoms with Crippen molar-refractivity contribution >= 4 is 0 Å². The van der Waals surface area contributed by atoms with E-state index in [1.807, 2.05) is 6.08 Å². The third kappa shape index (κ3) is 1.55. The monoisotopic (exact) mass is 258 g/mol. The summed E-state index contributed by atoms with van der Waals surface area (Å²) in [6, 6.07) is 3.05. The zero-order valence-electron chi connectivity index (χ0n) is 11.0. The van der Waals surface area contributed by atoms with Crippen LogP contribution >= 0.6 is 0 Å². The van der Waals surface area contributed by atoms with E-state index in [1.165, 1.54) is 12.1 Å². The Labute approximate surface area is 112 Å². The smallest absolute Gasteiger partial charge is 0.121 e. The number of aromatic hydroxyl groups is 2. The molecule has 19 heavy (non-hydrogen) atoms. The number of phenolic OH excluding ortho intramolecular Hbond substituents is 2. The summed E-state index contributed by atoms with van der Waals surface area (Å²) in [6.07, 6.45) is 2.30. The summed E-state index contributed by atoms with van der Waals surface area (Å²) in [7, 11) is 0. The van der Waals surface area contributed by atoms with Gasteiger partial charge in [0, 0.05) is 17.0 Å². The minimum Gasteiger partial charge on any atom is -0.508 e. The van der Waals surface area contributed by atoms with Crippen LogP contribution in [0.1, 0.15) is 24.2 Å². The third-order valence-electron chi connectivity index (χ3n) is 4.52. The molecular weight excluding hydrogens is 240 g/mol. The second-order valence-corrected chi connectivity index (χ2v) is 5.75. The topological polar surface area (TPSA) is 49.7 Å². The van der Waals surface area contributed by atoms with Gasteiger partial charge in [0.05, 0.1) is 12.7 Å². The van der Waals surface area contributed by atoms with Crippen molar-refractivity contribution in [1.82, 2.24) is 0 Å². The molecule has 1 aliphatic carbocycles. The van der Waals surface area contributed by atoms with Gasteiger partial charge in [0.2, 0.25) is 0 Å². The van der Waals surface area contributed by atoms with Gasteiger partial charge in [-0.25, -0.2) is 0 Å². The van der Waals surface area contributed by atoms with E-state index in [4.69, 9.17) is 4.74 Å². The van der Waals surface area contributed by atoms with Crippen LogP contribution < -0.4 is 0 Å². The highest BCUT2D eigenvalue weighted by Gasteiger charge is 2.50. The predicted octanol–water partition coefficient (Wildman–Crippen LogP) is 3.09. The Kier molecular flexibility index (Phi) is 2.51. The van der Waals surface area contributed by atoms with Crippen LogP contribution in [0.15, 0.2) is 36.9 Å². The Balaban J connectivity index is 2.25. The Morgan fingerprint density at radius 3 is 2.74 bits per heavy atom. The average molecular weight is 258 g/mol. The van der Waals surface area contributed by atoms with Crippen molar-refractivity contribution in [2.45, 2.75) is 19.4 Å². The minimum atomic E-state index is -0.244. The molecule has 1 fully saturated rings. The van der Waals surface area contributed by atoms with E-state index < -0.39 is 0 Å². The zero-order chi connectivity index (χ0) is 13.8. The first-order valence-corrected chi connectivity index (χ1v) is 6.44. The average Bonchev–Trinajstić information content (AvgIpc) is 2.77. The largest absolute Gasteiger partial charge is 0.508 e. The van der Waals surface area contributed by atoms with Gasteiger partial charge in [-0.05, 0) is 29.5 Å². The number of allylic oxidation sites excluding steroid dienone is 1. The molecule has 0 bridgehead atoms. The van der Waals surface area contributed by atoms with E-state index in [1.54, 1.807) is 0 Å². The molecule has 1 aliphatic heterocycles. The van der Waals surface area contributed by atoms with E-state index in [9.17, 15) is 10.2 Å². The first-order valence-electron chi connectivity index (χ1n) is 6.44. The molecule has 1 aromatic carbocycles. The second kappa shape index (κ2) is 3.87. The Bertz CT molecular complexity index is 576. The quantitative estimate of drug-likeness (QED) is 0.601. The van der Waals surface area contributed by atoms with Crippen molar-refractivity contribution in [3.8, 4) is 11.5 Å². The molecule has 2 N–H and O–H groups in total. The highest BCUT2D eigenvalue weighted by Crippen LogP contribution is 2.57. The lowest BCUT2D eigenvalue weighted by Crippen LogP contribution is -2.35. The fourth-order valence-corrected chi connectivity index (χ4v) is 3.49. The summed E-state index contributed by atoms with van der Waals surface area (Å²) in [5.41, 5.74) is 2.29. The van der Waals surface area contributed by atoms with Gasteiger partial charge in [0.25, 0.3) is 0 Å². The molecular formula is C16H18O3. The maximum Gasteiger partial charge on any atom is 0.121 e. The lowest BCUT2D eigenvalue weighted by atomic mass is 9.62. The molecule has 0 unspecified atom stereocenters. The van der Waals surface area contributed by atoms with E-state index in [0.717, 1.165) is 11.1 Å². The Morgan fingerprint density at radius 2 is 2.05 bits per heavy atom. The molecule has 2 aliphatic rings. The van der Waals surface area contributed by atoms with Crippen LogP contribution in [-0.2, 0) is 11.2 Å². The zero-order valence-corrected chi connectivity index (χ0v) is 11.0. The SMILES string of the molecule is C=C[C@@]1(C)Cc2c(O)ccc(O)c2[C@H]2OCC(=C)[C@H]21. The molecule has 3 atom stereocenters. The number of benzene rings is 1. The van der Waals surface area contributed by atoms with Crippen molar-refractivity contribution in [1.29, 1.82) is 0 Å². The van der Waals surface area contributed by atoms with Crippen molar-refractivity contribution in [2.24, 2.45) is 11.3 Å². The second-order valence-electron chi connectivity index (χ2n) is 5.75. The van der Waals surface area contributed by atoms with Crippen LogP contribution in [0.3, 0.4) is 0 Å². The predicted molar refractivity (Wildman–Crippen MR) is 73.1 cm³/mol. The van der Waals surface area contributed by atoms with E-state index in [2.05, 4.69) is 20.1 Å². The fraction of sp³-hybridized carbons (Fsp3) is 0.375. The molecule has 0 radical (unpaired) electrons. The molecule has 3 rings (SSSR count). The van der Waals surface area contributed by atoms with E-state index in [-0.39, 0.29) is 28.9 Å². The number of ether oxygens (including phenoxy) is 1. The molecule has 0 saturated carbocycles. The molecule has 3 nitrogen and oxygen atoms in total. The number of hydrogen-bond acceptors (Lipinski definition) is 3. The number of fused-ring (bicyclic) bond motifs is 3. The number of phenols is 2. The van der Waals surface area contributed by atoms with Gasteiger partial charge < -0.3 is 14.9 Å². The Morgan fingerprint density at radius 1 is 1.37 bits per heavy atom. The van der Waals surface area contributed by atoms with E-state index in [0.29, 0.717) is 18.6 Å². The first-order chi connectivity index (χ1) is 8.98. The highest BCUT2D eigenvalue weighted by atomic mass is 16.5. The van der Waals surface area contributed by atoms with Gasteiger partial charge in [-0.2, -0.15) is 0 Å². The van der Waals surface area contributed by atoms with Gasteiger partial charge in [0.1, 0.15) is 11.5 Å². The maximum absolute atomic E-state index is 10.1. The van der Waals surface area contributed by atoms with Crippen molar-refractivity contribution < 1.29 is 14.9 Å². The molecule has 100 valence electrons. The number of hydrogen-bond donors (Lipinski definition) is 2. The third-order valence-corrected chi connectivity index (χ3v) is 4.52. The van der Waals surface area contributed by atoms with Gasteiger partial charge in [0.15, 0.2) is 0 Å². The van der Waals surface area contributed by atoms with Crippen molar-refractivity contribution in [3.05, 3.63) is 48.1 Å². The van der Waals surface area contributed by atoms with E-state index >= 15 is 0 Å². The molecule has 1 heterocycles. The minimum absolute atomic E-state index is 0.102. The van der Waals surface area contributed by atoms with Crippen LogP contribution in [0.25, 0.3) is 0 Å². The summed E-state index contributed by atoms with van der Waals surface area (Å²) < 4.78 is 5.81. The van der Waals surface area contributed by atoms with Crippen molar-refractivity contribution in [3.63, 3.8) is 0 Å². The van der Waals surface area contributed by atoms with Gasteiger partial charge >= 0.3 is 0 Å². The molecule has 0 amide bonds. The molecule has 1 saturated heterocycles. The highest BCUT2D eigenvalue weighted by molar-refractivity contribution is 5.53. The lowest BCUT2D eigenvalue weighted by Gasteiger charge is -2.42. The fourth-order valence-electron chi connectivity index (χ4n) is 3.49. The Hall–Kier alpha value is -1.74. The first kappa shape index (κ1) is 12.3. The number of rotatable bonds is 1. The van der Waals surface area contributed by atoms with Gasteiger partial charge in [-0.3, -0.25) is 0 Å².